The third-order valence-corrected chi connectivity index (χ3v) is 6.53. The van der Waals surface area contributed by atoms with Gasteiger partial charge in [0.1, 0.15) is 11.9 Å². The summed E-state index contributed by atoms with van der Waals surface area (Å²) in [5, 5.41) is 12.6. The third kappa shape index (κ3) is 6.79. The van der Waals surface area contributed by atoms with E-state index in [1.54, 1.807) is 18.3 Å². The van der Waals surface area contributed by atoms with Gasteiger partial charge in [-0.05, 0) is 49.6 Å². The smallest absolute Gasteiger partial charge is 0.240 e. The zero-order chi connectivity index (χ0) is 22.3. The summed E-state index contributed by atoms with van der Waals surface area (Å²) in [7, 11) is -3.82. The normalized spacial score (nSPS) is 21.5. The molecule has 3 N–H and O–H groups in total. The molecule has 1 saturated heterocycles. The summed E-state index contributed by atoms with van der Waals surface area (Å²) in [6.07, 6.45) is 2.51. The Labute approximate surface area is 180 Å². The van der Waals surface area contributed by atoms with Gasteiger partial charge < -0.3 is 15.2 Å². The summed E-state index contributed by atoms with van der Waals surface area (Å²) < 4.78 is 46.1. The van der Waals surface area contributed by atoms with Crippen LogP contribution in [0.1, 0.15) is 25.0 Å². The molecule has 0 aliphatic carbocycles. The van der Waals surface area contributed by atoms with Crippen molar-refractivity contribution in [3.63, 3.8) is 0 Å². The number of carbonyl (C=O) groups is 1. The molecule has 1 aromatic heterocycles. The number of amides is 1. The van der Waals surface area contributed by atoms with Crippen molar-refractivity contribution in [2.24, 2.45) is 0 Å². The van der Waals surface area contributed by atoms with E-state index in [0.29, 0.717) is 25.0 Å². The van der Waals surface area contributed by atoms with Crippen molar-refractivity contribution in [1.82, 2.24) is 15.0 Å². The van der Waals surface area contributed by atoms with Gasteiger partial charge in [-0.25, -0.2) is 17.5 Å². The first-order valence-electron chi connectivity index (χ1n) is 10.1. The van der Waals surface area contributed by atoms with Crippen LogP contribution in [0.15, 0.2) is 53.6 Å². The number of sulfonamides is 1. The van der Waals surface area contributed by atoms with Crippen molar-refractivity contribution in [3.8, 4) is 0 Å². The number of aliphatic hydroxyl groups excluding tert-OH is 1. The molecule has 0 saturated carbocycles. The standard InChI is InChI=1S/C21H26FN3O5S/c22-15-4-3-6-18(12-15)31(28,29)24-11-9-17-7-8-19(20(14-26)30-17)25-21(27)13-16-5-1-2-10-23-16/h1-6,10,12,17,19-20,24,26H,7-9,11,13-14H2,(H,25,27)/t17-,19+,20-/m0/s1. The van der Waals surface area contributed by atoms with Crippen molar-refractivity contribution < 1.29 is 27.4 Å². The fraction of sp³-hybridized carbons (Fsp3) is 0.429. The number of rotatable bonds is 9. The molecule has 168 valence electrons. The average molecular weight is 452 g/mol. The Morgan fingerprint density at radius 3 is 2.77 bits per heavy atom. The van der Waals surface area contributed by atoms with E-state index in [0.717, 1.165) is 6.07 Å². The number of halogens is 1. The van der Waals surface area contributed by atoms with Crippen molar-refractivity contribution in [2.75, 3.05) is 13.2 Å². The van der Waals surface area contributed by atoms with Crippen LogP contribution in [0.4, 0.5) is 4.39 Å². The minimum atomic E-state index is -3.82. The highest BCUT2D eigenvalue weighted by Crippen LogP contribution is 2.22. The van der Waals surface area contributed by atoms with Gasteiger partial charge in [0.25, 0.3) is 0 Å². The number of nitrogens with zero attached hydrogens (tertiary/aromatic N) is 1. The van der Waals surface area contributed by atoms with E-state index >= 15 is 0 Å². The van der Waals surface area contributed by atoms with Crippen LogP contribution in [0.3, 0.4) is 0 Å². The Balaban J connectivity index is 1.46. The highest BCUT2D eigenvalue weighted by Gasteiger charge is 2.32. The Kier molecular flexibility index (Phi) is 8.08. The lowest BCUT2D eigenvalue weighted by Gasteiger charge is -2.36. The zero-order valence-electron chi connectivity index (χ0n) is 16.9. The summed E-state index contributed by atoms with van der Waals surface area (Å²) in [5.41, 5.74) is 0.653. The van der Waals surface area contributed by atoms with E-state index < -0.39 is 21.9 Å². The van der Waals surface area contributed by atoms with E-state index in [-0.39, 0.29) is 42.5 Å². The molecule has 1 amide bonds. The third-order valence-electron chi connectivity index (χ3n) is 5.07. The number of aromatic nitrogens is 1. The molecular weight excluding hydrogens is 425 g/mol. The van der Waals surface area contributed by atoms with E-state index in [4.69, 9.17) is 4.74 Å². The Morgan fingerprint density at radius 2 is 2.06 bits per heavy atom. The molecule has 8 nitrogen and oxygen atoms in total. The zero-order valence-corrected chi connectivity index (χ0v) is 17.7. The van der Waals surface area contributed by atoms with Crippen molar-refractivity contribution >= 4 is 15.9 Å². The minimum Gasteiger partial charge on any atom is -0.394 e. The van der Waals surface area contributed by atoms with Crippen LogP contribution >= 0.6 is 0 Å². The SMILES string of the molecule is O=C(Cc1ccccn1)N[C@@H]1CC[C@@H](CCNS(=O)(=O)c2cccc(F)c2)O[C@H]1CO. The van der Waals surface area contributed by atoms with Gasteiger partial charge in [-0.1, -0.05) is 12.1 Å². The molecular formula is C21H26FN3O5S. The second-order valence-corrected chi connectivity index (χ2v) is 9.14. The molecule has 1 aliphatic rings. The van der Waals surface area contributed by atoms with Gasteiger partial charge in [0, 0.05) is 18.4 Å². The van der Waals surface area contributed by atoms with Crippen LogP contribution < -0.4 is 10.0 Å². The van der Waals surface area contributed by atoms with Crippen molar-refractivity contribution in [1.29, 1.82) is 0 Å². The largest absolute Gasteiger partial charge is 0.394 e. The molecule has 0 bridgehead atoms. The van der Waals surface area contributed by atoms with E-state index in [9.17, 15) is 22.7 Å². The Bertz CT molecular complexity index is 974. The summed E-state index contributed by atoms with van der Waals surface area (Å²) in [5.74, 6) is -0.826. The number of ether oxygens (including phenoxy) is 1. The molecule has 2 heterocycles. The summed E-state index contributed by atoms with van der Waals surface area (Å²) in [6, 6.07) is 9.81. The van der Waals surface area contributed by atoms with Gasteiger partial charge in [0.05, 0.1) is 30.1 Å². The fourth-order valence-corrected chi connectivity index (χ4v) is 4.58. The molecule has 1 aromatic carbocycles. The molecule has 1 fully saturated rings. The number of hydrogen-bond acceptors (Lipinski definition) is 6. The first-order chi connectivity index (χ1) is 14.9. The topological polar surface area (TPSA) is 118 Å². The van der Waals surface area contributed by atoms with Gasteiger partial charge in [-0.15, -0.1) is 0 Å². The average Bonchev–Trinajstić information content (AvgIpc) is 2.75. The lowest BCUT2D eigenvalue weighted by Crippen LogP contribution is -2.51. The van der Waals surface area contributed by atoms with Crippen LogP contribution in [-0.2, 0) is 26.0 Å². The van der Waals surface area contributed by atoms with Gasteiger partial charge in [0.15, 0.2) is 0 Å². The summed E-state index contributed by atoms with van der Waals surface area (Å²) in [6.45, 7) is -0.154. The van der Waals surface area contributed by atoms with E-state index in [1.165, 1.54) is 18.2 Å². The van der Waals surface area contributed by atoms with Crippen LogP contribution in [0.5, 0.6) is 0 Å². The van der Waals surface area contributed by atoms with E-state index in [2.05, 4.69) is 15.0 Å². The van der Waals surface area contributed by atoms with Crippen molar-refractivity contribution in [3.05, 3.63) is 60.2 Å². The maximum absolute atomic E-state index is 13.3. The van der Waals surface area contributed by atoms with Crippen LogP contribution in [-0.4, -0.2) is 55.8 Å². The first kappa shape index (κ1) is 23.3. The fourth-order valence-electron chi connectivity index (χ4n) is 3.51. The quantitative estimate of drug-likeness (QED) is 0.527. The molecule has 10 heteroatoms. The monoisotopic (exact) mass is 451 g/mol. The number of carbonyl (C=O) groups excluding carboxylic acids is 1. The highest BCUT2D eigenvalue weighted by molar-refractivity contribution is 7.89. The van der Waals surface area contributed by atoms with Gasteiger partial charge in [0.2, 0.25) is 15.9 Å². The number of aliphatic hydroxyl groups is 1. The number of nitrogens with one attached hydrogen (secondary N) is 2. The van der Waals surface area contributed by atoms with Crippen LogP contribution in [0.2, 0.25) is 0 Å². The number of hydrogen-bond donors (Lipinski definition) is 3. The number of benzene rings is 1. The van der Waals surface area contributed by atoms with Gasteiger partial charge in [-0.2, -0.15) is 0 Å². The molecule has 2 aromatic rings. The molecule has 3 atom stereocenters. The molecule has 0 radical (unpaired) electrons. The maximum atomic E-state index is 13.3. The van der Waals surface area contributed by atoms with Crippen LogP contribution in [0, 0.1) is 5.82 Å². The first-order valence-corrected chi connectivity index (χ1v) is 11.6. The van der Waals surface area contributed by atoms with Crippen molar-refractivity contribution in [2.45, 2.75) is 48.8 Å². The second kappa shape index (κ2) is 10.8. The molecule has 0 spiro atoms. The lowest BCUT2D eigenvalue weighted by atomic mass is 9.97. The predicted molar refractivity (Wildman–Crippen MR) is 111 cm³/mol. The summed E-state index contributed by atoms with van der Waals surface area (Å²) in [4.78, 5) is 16.3. The van der Waals surface area contributed by atoms with Crippen LogP contribution in [0.25, 0.3) is 0 Å². The molecule has 3 rings (SSSR count). The van der Waals surface area contributed by atoms with Gasteiger partial charge in [-0.3, -0.25) is 9.78 Å². The Morgan fingerprint density at radius 1 is 1.23 bits per heavy atom. The summed E-state index contributed by atoms with van der Waals surface area (Å²) >= 11 is 0. The highest BCUT2D eigenvalue weighted by atomic mass is 32.2. The Hall–Kier alpha value is -2.40. The minimum absolute atomic E-state index is 0.109. The lowest BCUT2D eigenvalue weighted by molar-refractivity contribution is -0.127. The molecule has 0 unspecified atom stereocenters. The predicted octanol–water partition coefficient (Wildman–Crippen LogP) is 1.16. The number of pyridine rings is 1. The van der Waals surface area contributed by atoms with Gasteiger partial charge >= 0.3 is 0 Å². The molecule has 1 aliphatic heterocycles. The maximum Gasteiger partial charge on any atom is 0.240 e. The second-order valence-electron chi connectivity index (χ2n) is 7.37. The molecule has 31 heavy (non-hydrogen) atoms. The van der Waals surface area contributed by atoms with E-state index in [1.807, 2.05) is 6.07 Å².